The van der Waals surface area contributed by atoms with E-state index in [0.29, 0.717) is 12.3 Å². The van der Waals surface area contributed by atoms with E-state index in [4.69, 9.17) is 16.2 Å². The van der Waals surface area contributed by atoms with Gasteiger partial charge in [-0.15, -0.1) is 0 Å². The molecular weight excluding hydrogens is 184 g/mol. The Labute approximate surface area is 81.8 Å². The van der Waals surface area contributed by atoms with Gasteiger partial charge in [0.05, 0.1) is 18.3 Å². The maximum Gasteiger partial charge on any atom is 0.271 e. The summed E-state index contributed by atoms with van der Waals surface area (Å²) in [6.45, 7) is 2.40. The van der Waals surface area contributed by atoms with Crippen LogP contribution in [0.2, 0.25) is 0 Å². The van der Waals surface area contributed by atoms with Gasteiger partial charge < -0.3 is 16.2 Å². The summed E-state index contributed by atoms with van der Waals surface area (Å²) in [6, 6.07) is 0.0235. The molecule has 1 aromatic heterocycles. The molecule has 4 N–H and O–H groups in total. The maximum atomic E-state index is 10.9. The van der Waals surface area contributed by atoms with Crippen LogP contribution in [0.15, 0.2) is 6.20 Å². The van der Waals surface area contributed by atoms with Gasteiger partial charge in [-0.3, -0.25) is 9.48 Å². The maximum absolute atomic E-state index is 10.9. The lowest BCUT2D eigenvalue weighted by Gasteiger charge is -2.09. The highest BCUT2D eigenvalue weighted by Gasteiger charge is 2.14. The number of aromatic nitrogens is 2. The van der Waals surface area contributed by atoms with E-state index in [1.807, 2.05) is 6.92 Å². The Morgan fingerprint density at radius 3 is 2.86 bits per heavy atom. The van der Waals surface area contributed by atoms with Crippen molar-refractivity contribution in [1.29, 1.82) is 0 Å². The zero-order valence-electron chi connectivity index (χ0n) is 8.23. The molecule has 0 bridgehead atoms. The highest BCUT2D eigenvalue weighted by Crippen LogP contribution is 2.12. The van der Waals surface area contributed by atoms with Gasteiger partial charge in [-0.25, -0.2) is 0 Å². The molecule has 0 aliphatic carbocycles. The number of hydrogen-bond donors (Lipinski definition) is 2. The van der Waals surface area contributed by atoms with Crippen molar-refractivity contribution in [2.45, 2.75) is 13.0 Å². The van der Waals surface area contributed by atoms with E-state index >= 15 is 0 Å². The summed E-state index contributed by atoms with van der Waals surface area (Å²) < 4.78 is 6.52. The molecule has 0 radical (unpaired) electrons. The van der Waals surface area contributed by atoms with Crippen molar-refractivity contribution >= 4 is 11.6 Å². The fraction of sp³-hybridized carbons (Fsp3) is 0.500. The van der Waals surface area contributed by atoms with Crippen LogP contribution in [-0.4, -0.2) is 29.4 Å². The van der Waals surface area contributed by atoms with Gasteiger partial charge in [0.1, 0.15) is 0 Å². The third-order valence-electron chi connectivity index (χ3n) is 1.85. The second-order valence-corrected chi connectivity index (χ2v) is 3.08. The average Bonchev–Trinajstić information content (AvgIpc) is 2.48. The largest absolute Gasteiger partial charge is 0.396 e. The molecule has 1 heterocycles. The van der Waals surface area contributed by atoms with Gasteiger partial charge in [0, 0.05) is 13.3 Å². The molecule has 1 atom stereocenters. The molecule has 14 heavy (non-hydrogen) atoms. The van der Waals surface area contributed by atoms with Crippen LogP contribution in [-0.2, 0) is 4.74 Å². The zero-order valence-corrected chi connectivity index (χ0v) is 8.23. The fourth-order valence-corrected chi connectivity index (χ4v) is 1.14. The van der Waals surface area contributed by atoms with Crippen LogP contribution in [0.25, 0.3) is 0 Å². The van der Waals surface area contributed by atoms with Gasteiger partial charge in [-0.2, -0.15) is 5.10 Å². The lowest BCUT2D eigenvalue weighted by atomic mass is 10.3. The molecule has 0 fully saturated rings. The zero-order chi connectivity index (χ0) is 10.7. The van der Waals surface area contributed by atoms with Crippen molar-refractivity contribution in [3.05, 3.63) is 11.9 Å². The van der Waals surface area contributed by atoms with Gasteiger partial charge in [0.15, 0.2) is 5.69 Å². The van der Waals surface area contributed by atoms with Crippen LogP contribution in [0, 0.1) is 0 Å². The number of amides is 1. The topological polar surface area (TPSA) is 96.2 Å². The van der Waals surface area contributed by atoms with E-state index in [9.17, 15) is 4.79 Å². The SMILES string of the molecule is COCC(C)n1cc(N)c(C(N)=O)n1. The van der Waals surface area contributed by atoms with Crippen molar-refractivity contribution < 1.29 is 9.53 Å². The summed E-state index contributed by atoms with van der Waals surface area (Å²) >= 11 is 0. The van der Waals surface area contributed by atoms with Crippen LogP contribution in [0.4, 0.5) is 5.69 Å². The highest BCUT2D eigenvalue weighted by molar-refractivity contribution is 5.95. The number of carbonyl (C=O) groups is 1. The van der Waals surface area contributed by atoms with E-state index in [1.165, 1.54) is 0 Å². The molecule has 78 valence electrons. The number of methoxy groups -OCH3 is 1. The van der Waals surface area contributed by atoms with Crippen LogP contribution in [0.3, 0.4) is 0 Å². The standard InChI is InChI=1S/C8H14N4O2/c1-5(4-14-2)12-3-6(9)7(11-12)8(10)13/h3,5H,4,9H2,1-2H3,(H2,10,13). The summed E-state index contributed by atoms with van der Waals surface area (Å²) in [5, 5.41) is 3.96. The van der Waals surface area contributed by atoms with Crippen molar-refractivity contribution in [1.82, 2.24) is 9.78 Å². The fourth-order valence-electron chi connectivity index (χ4n) is 1.14. The molecule has 0 aliphatic rings. The number of nitrogens with zero attached hydrogens (tertiary/aromatic N) is 2. The van der Waals surface area contributed by atoms with Gasteiger partial charge in [0.2, 0.25) is 0 Å². The second-order valence-electron chi connectivity index (χ2n) is 3.08. The molecule has 0 spiro atoms. The van der Waals surface area contributed by atoms with E-state index in [0.717, 1.165) is 0 Å². The van der Waals surface area contributed by atoms with Crippen molar-refractivity contribution in [2.24, 2.45) is 5.73 Å². The Bertz CT molecular complexity index is 334. The molecule has 0 aromatic carbocycles. The number of carbonyl (C=O) groups excluding carboxylic acids is 1. The predicted octanol–water partition coefficient (Wildman–Crippen LogP) is -0.228. The summed E-state index contributed by atoms with van der Waals surface area (Å²) in [6.07, 6.45) is 1.57. The normalized spacial score (nSPS) is 12.7. The Balaban J connectivity index is 2.90. The Morgan fingerprint density at radius 1 is 1.79 bits per heavy atom. The van der Waals surface area contributed by atoms with Crippen molar-refractivity contribution in [3.8, 4) is 0 Å². The van der Waals surface area contributed by atoms with Crippen LogP contribution in [0.5, 0.6) is 0 Å². The highest BCUT2D eigenvalue weighted by atomic mass is 16.5. The molecule has 1 aromatic rings. The predicted molar refractivity (Wildman–Crippen MR) is 51.7 cm³/mol. The minimum atomic E-state index is -0.620. The second kappa shape index (κ2) is 4.10. The molecule has 0 aliphatic heterocycles. The van der Waals surface area contributed by atoms with Crippen molar-refractivity contribution in [2.75, 3.05) is 19.5 Å². The van der Waals surface area contributed by atoms with Gasteiger partial charge in [-0.1, -0.05) is 0 Å². The number of anilines is 1. The smallest absolute Gasteiger partial charge is 0.271 e. The number of nitrogens with two attached hydrogens (primary N) is 2. The third-order valence-corrected chi connectivity index (χ3v) is 1.85. The summed E-state index contributed by atoms with van der Waals surface area (Å²) in [5.41, 5.74) is 11.0. The molecule has 0 saturated heterocycles. The van der Waals surface area contributed by atoms with Crippen LogP contribution in [0.1, 0.15) is 23.5 Å². The van der Waals surface area contributed by atoms with E-state index in [-0.39, 0.29) is 11.7 Å². The van der Waals surface area contributed by atoms with Crippen LogP contribution < -0.4 is 11.5 Å². The van der Waals surface area contributed by atoms with E-state index < -0.39 is 5.91 Å². The average molecular weight is 198 g/mol. The number of rotatable bonds is 4. The van der Waals surface area contributed by atoms with Crippen molar-refractivity contribution in [3.63, 3.8) is 0 Å². The van der Waals surface area contributed by atoms with E-state index in [1.54, 1.807) is 18.0 Å². The van der Waals surface area contributed by atoms with E-state index in [2.05, 4.69) is 5.10 Å². The molecule has 6 nitrogen and oxygen atoms in total. The van der Waals surface area contributed by atoms with Gasteiger partial charge in [0.25, 0.3) is 5.91 Å². The molecular formula is C8H14N4O2. The Morgan fingerprint density at radius 2 is 2.43 bits per heavy atom. The summed E-state index contributed by atoms with van der Waals surface area (Å²) in [7, 11) is 1.60. The quantitative estimate of drug-likeness (QED) is 0.698. The lowest BCUT2D eigenvalue weighted by Crippen LogP contribution is -2.16. The first-order valence-electron chi connectivity index (χ1n) is 4.19. The molecule has 1 amide bonds. The monoisotopic (exact) mass is 198 g/mol. The lowest BCUT2D eigenvalue weighted by molar-refractivity contribution is 0.0994. The Kier molecular flexibility index (Phi) is 3.08. The first kappa shape index (κ1) is 10.5. The Hall–Kier alpha value is -1.56. The molecule has 1 rings (SSSR count). The molecule has 0 saturated carbocycles. The number of hydrogen-bond acceptors (Lipinski definition) is 4. The van der Waals surface area contributed by atoms with Crippen LogP contribution >= 0.6 is 0 Å². The summed E-state index contributed by atoms with van der Waals surface area (Å²) in [4.78, 5) is 10.9. The minimum Gasteiger partial charge on any atom is -0.396 e. The van der Waals surface area contributed by atoms with Gasteiger partial charge in [-0.05, 0) is 6.92 Å². The molecule has 6 heteroatoms. The molecule has 1 unspecified atom stereocenters. The first-order chi connectivity index (χ1) is 6.56. The minimum absolute atomic E-state index is 0.0235. The third kappa shape index (κ3) is 2.02. The number of primary amides is 1. The summed E-state index contributed by atoms with van der Waals surface area (Å²) in [5.74, 6) is -0.620. The number of nitrogen functional groups attached to an aromatic ring is 1. The number of ether oxygens (including phenoxy) is 1. The van der Waals surface area contributed by atoms with Gasteiger partial charge >= 0.3 is 0 Å². The first-order valence-corrected chi connectivity index (χ1v) is 4.19.